The second-order valence-electron chi connectivity index (χ2n) is 4.62. The zero-order chi connectivity index (χ0) is 15.1. The molecule has 0 bridgehead atoms. The SMILES string of the molecule is CNC=C(C(=O)Cc1cccc(C#N)c1)c1ccccc1. The van der Waals surface area contributed by atoms with Crippen molar-refractivity contribution in [2.45, 2.75) is 6.42 Å². The second-order valence-corrected chi connectivity index (χ2v) is 4.62. The summed E-state index contributed by atoms with van der Waals surface area (Å²) < 4.78 is 0. The molecule has 0 saturated heterocycles. The first-order chi connectivity index (χ1) is 10.2. The molecule has 0 aromatic heterocycles. The molecule has 0 aliphatic carbocycles. The Labute approximate surface area is 124 Å². The zero-order valence-corrected chi connectivity index (χ0v) is 11.8. The Bertz CT molecular complexity index is 697. The molecule has 0 aliphatic heterocycles. The number of allylic oxidation sites excluding steroid dienone is 1. The average Bonchev–Trinajstić information content (AvgIpc) is 2.53. The van der Waals surface area contributed by atoms with Crippen molar-refractivity contribution in [2.24, 2.45) is 0 Å². The number of nitrogens with one attached hydrogen (secondary N) is 1. The van der Waals surface area contributed by atoms with Crippen LogP contribution in [0.15, 0.2) is 60.8 Å². The number of Topliss-reactive ketones (excluding diaryl/α,β-unsaturated/α-hetero) is 1. The van der Waals surface area contributed by atoms with Crippen LogP contribution in [-0.4, -0.2) is 12.8 Å². The third-order valence-corrected chi connectivity index (χ3v) is 3.09. The maximum Gasteiger partial charge on any atom is 0.169 e. The fraction of sp³-hybridized carbons (Fsp3) is 0.111. The van der Waals surface area contributed by atoms with Gasteiger partial charge in [-0.2, -0.15) is 5.26 Å². The molecule has 0 aliphatic rings. The van der Waals surface area contributed by atoms with Crippen LogP contribution in [0.2, 0.25) is 0 Å². The molecule has 2 aromatic rings. The van der Waals surface area contributed by atoms with Gasteiger partial charge in [-0.15, -0.1) is 0 Å². The van der Waals surface area contributed by atoms with Crippen molar-refractivity contribution >= 4 is 11.4 Å². The van der Waals surface area contributed by atoms with Crippen LogP contribution in [-0.2, 0) is 11.2 Å². The van der Waals surface area contributed by atoms with E-state index in [1.807, 2.05) is 36.4 Å². The molecule has 0 amide bonds. The van der Waals surface area contributed by atoms with Crippen LogP contribution < -0.4 is 5.32 Å². The van der Waals surface area contributed by atoms with Gasteiger partial charge in [0.05, 0.1) is 11.6 Å². The lowest BCUT2D eigenvalue weighted by Gasteiger charge is -2.07. The molecule has 3 nitrogen and oxygen atoms in total. The highest BCUT2D eigenvalue weighted by Crippen LogP contribution is 2.17. The first-order valence-electron chi connectivity index (χ1n) is 6.69. The smallest absolute Gasteiger partial charge is 0.169 e. The zero-order valence-electron chi connectivity index (χ0n) is 11.8. The fourth-order valence-corrected chi connectivity index (χ4v) is 2.12. The van der Waals surface area contributed by atoms with Gasteiger partial charge < -0.3 is 5.32 Å². The number of carbonyl (C=O) groups excluding carboxylic acids is 1. The predicted molar refractivity (Wildman–Crippen MR) is 83.3 cm³/mol. The van der Waals surface area contributed by atoms with Crippen LogP contribution in [0.3, 0.4) is 0 Å². The summed E-state index contributed by atoms with van der Waals surface area (Å²) in [6.45, 7) is 0. The highest BCUT2D eigenvalue weighted by Gasteiger charge is 2.12. The van der Waals surface area contributed by atoms with E-state index >= 15 is 0 Å². The van der Waals surface area contributed by atoms with Gasteiger partial charge in [-0.3, -0.25) is 4.79 Å². The van der Waals surface area contributed by atoms with Crippen molar-refractivity contribution < 1.29 is 4.79 Å². The van der Waals surface area contributed by atoms with E-state index in [0.29, 0.717) is 11.1 Å². The molecule has 0 atom stereocenters. The van der Waals surface area contributed by atoms with Crippen molar-refractivity contribution in [1.29, 1.82) is 5.26 Å². The summed E-state index contributed by atoms with van der Waals surface area (Å²) >= 11 is 0. The number of nitrogens with zero attached hydrogens (tertiary/aromatic N) is 1. The third-order valence-electron chi connectivity index (χ3n) is 3.09. The molecule has 0 fully saturated rings. The Balaban J connectivity index is 2.24. The number of hydrogen-bond acceptors (Lipinski definition) is 3. The Kier molecular flexibility index (Phi) is 4.89. The molecular weight excluding hydrogens is 260 g/mol. The van der Waals surface area contributed by atoms with Crippen LogP contribution in [0.5, 0.6) is 0 Å². The molecule has 2 aromatic carbocycles. The maximum atomic E-state index is 12.5. The van der Waals surface area contributed by atoms with Crippen LogP contribution in [0.1, 0.15) is 16.7 Å². The van der Waals surface area contributed by atoms with Gasteiger partial charge in [-0.1, -0.05) is 42.5 Å². The van der Waals surface area contributed by atoms with E-state index in [-0.39, 0.29) is 12.2 Å². The lowest BCUT2D eigenvalue weighted by atomic mass is 9.97. The summed E-state index contributed by atoms with van der Waals surface area (Å²) in [7, 11) is 1.77. The van der Waals surface area contributed by atoms with Gasteiger partial charge in [-0.05, 0) is 23.3 Å². The van der Waals surface area contributed by atoms with E-state index in [4.69, 9.17) is 5.26 Å². The number of ketones is 1. The van der Waals surface area contributed by atoms with Gasteiger partial charge in [0.15, 0.2) is 5.78 Å². The minimum Gasteiger partial charge on any atom is -0.393 e. The van der Waals surface area contributed by atoms with Crippen molar-refractivity contribution in [2.75, 3.05) is 7.05 Å². The van der Waals surface area contributed by atoms with Gasteiger partial charge in [0.2, 0.25) is 0 Å². The Morgan fingerprint density at radius 2 is 1.95 bits per heavy atom. The minimum atomic E-state index is 0.0191. The number of rotatable bonds is 5. The lowest BCUT2D eigenvalue weighted by Crippen LogP contribution is -2.09. The standard InChI is InChI=1S/C18H16N2O/c1-20-13-17(16-8-3-2-4-9-16)18(21)11-14-6-5-7-15(10-14)12-19/h2-10,13,20H,11H2,1H3. The normalized spacial score (nSPS) is 10.8. The maximum absolute atomic E-state index is 12.5. The van der Waals surface area contributed by atoms with Gasteiger partial charge in [0.1, 0.15) is 0 Å². The van der Waals surface area contributed by atoms with E-state index in [1.54, 1.807) is 31.4 Å². The van der Waals surface area contributed by atoms with Gasteiger partial charge in [0, 0.05) is 25.2 Å². The van der Waals surface area contributed by atoms with Crippen molar-refractivity contribution in [1.82, 2.24) is 5.32 Å². The average molecular weight is 276 g/mol. The first kappa shape index (κ1) is 14.5. The van der Waals surface area contributed by atoms with Crippen molar-refractivity contribution in [3.63, 3.8) is 0 Å². The van der Waals surface area contributed by atoms with Crippen LogP contribution in [0.25, 0.3) is 5.57 Å². The van der Waals surface area contributed by atoms with E-state index in [9.17, 15) is 4.79 Å². The number of carbonyl (C=O) groups is 1. The molecule has 0 radical (unpaired) electrons. The number of benzene rings is 2. The minimum absolute atomic E-state index is 0.0191. The summed E-state index contributed by atoms with van der Waals surface area (Å²) in [5.74, 6) is 0.0191. The molecular formula is C18H16N2O. The third kappa shape index (κ3) is 3.80. The van der Waals surface area contributed by atoms with E-state index in [2.05, 4.69) is 11.4 Å². The predicted octanol–water partition coefficient (Wildman–Crippen LogP) is 2.93. The highest BCUT2D eigenvalue weighted by atomic mass is 16.1. The summed E-state index contributed by atoms with van der Waals surface area (Å²) in [6, 6.07) is 18.8. The van der Waals surface area contributed by atoms with Crippen LogP contribution in [0.4, 0.5) is 0 Å². The molecule has 1 N–H and O–H groups in total. The quantitative estimate of drug-likeness (QED) is 0.854. The summed E-state index contributed by atoms with van der Waals surface area (Å²) in [4.78, 5) is 12.5. The summed E-state index contributed by atoms with van der Waals surface area (Å²) in [5, 5.41) is 11.8. The summed E-state index contributed by atoms with van der Waals surface area (Å²) in [6.07, 6.45) is 1.99. The number of nitriles is 1. The monoisotopic (exact) mass is 276 g/mol. The first-order valence-corrected chi connectivity index (χ1v) is 6.69. The number of hydrogen-bond donors (Lipinski definition) is 1. The molecule has 0 saturated carbocycles. The van der Waals surface area contributed by atoms with Crippen molar-refractivity contribution in [3.05, 3.63) is 77.5 Å². The largest absolute Gasteiger partial charge is 0.393 e. The van der Waals surface area contributed by atoms with Gasteiger partial charge in [0.25, 0.3) is 0 Å². The van der Waals surface area contributed by atoms with Crippen molar-refractivity contribution in [3.8, 4) is 6.07 Å². The van der Waals surface area contributed by atoms with Gasteiger partial charge >= 0.3 is 0 Å². The molecule has 0 heterocycles. The molecule has 3 heteroatoms. The molecule has 21 heavy (non-hydrogen) atoms. The highest BCUT2D eigenvalue weighted by molar-refractivity contribution is 6.21. The second kappa shape index (κ2) is 7.06. The lowest BCUT2D eigenvalue weighted by molar-refractivity contribution is -0.113. The van der Waals surface area contributed by atoms with Crippen LogP contribution >= 0.6 is 0 Å². The Morgan fingerprint density at radius 1 is 1.19 bits per heavy atom. The molecule has 2 rings (SSSR count). The molecule has 0 spiro atoms. The summed E-state index contributed by atoms with van der Waals surface area (Å²) in [5.41, 5.74) is 2.94. The van der Waals surface area contributed by atoms with Gasteiger partial charge in [-0.25, -0.2) is 0 Å². The molecule has 104 valence electrons. The molecule has 0 unspecified atom stereocenters. The Hall–Kier alpha value is -2.86. The Morgan fingerprint density at radius 3 is 2.62 bits per heavy atom. The fourth-order valence-electron chi connectivity index (χ4n) is 2.12. The van der Waals surface area contributed by atoms with E-state index < -0.39 is 0 Å². The van der Waals surface area contributed by atoms with E-state index in [0.717, 1.165) is 11.1 Å². The van der Waals surface area contributed by atoms with Crippen LogP contribution in [0, 0.1) is 11.3 Å². The van der Waals surface area contributed by atoms with E-state index in [1.165, 1.54) is 0 Å². The topological polar surface area (TPSA) is 52.9 Å².